The van der Waals surface area contributed by atoms with Crippen LogP contribution >= 0.6 is 11.3 Å². The van der Waals surface area contributed by atoms with Gasteiger partial charge in [0.2, 0.25) is 0 Å². The van der Waals surface area contributed by atoms with Crippen molar-refractivity contribution in [3.63, 3.8) is 0 Å². The lowest BCUT2D eigenvalue weighted by Gasteiger charge is -2.14. The summed E-state index contributed by atoms with van der Waals surface area (Å²) in [6.45, 7) is 2.09. The third kappa shape index (κ3) is 2.56. The van der Waals surface area contributed by atoms with Crippen LogP contribution in [0.4, 0.5) is 5.82 Å². The van der Waals surface area contributed by atoms with Crippen molar-refractivity contribution in [2.45, 2.75) is 25.8 Å². The van der Waals surface area contributed by atoms with Crippen LogP contribution in [0.15, 0.2) is 54.3 Å². The molecule has 26 heavy (non-hydrogen) atoms. The van der Waals surface area contributed by atoms with Gasteiger partial charge in [-0.2, -0.15) is 0 Å². The summed E-state index contributed by atoms with van der Waals surface area (Å²) in [6, 6.07) is 13.1. The minimum Gasteiger partial charge on any atom is -0.366 e. The van der Waals surface area contributed by atoms with Crippen LogP contribution in [-0.2, 0) is 12.8 Å². The molecule has 0 bridgehead atoms. The summed E-state index contributed by atoms with van der Waals surface area (Å²) in [7, 11) is 0. The molecule has 3 aromatic heterocycles. The first kappa shape index (κ1) is 15.5. The highest BCUT2D eigenvalue weighted by Gasteiger charge is 2.23. The lowest BCUT2D eigenvalue weighted by atomic mass is 10.1. The van der Waals surface area contributed by atoms with E-state index >= 15 is 0 Å². The van der Waals surface area contributed by atoms with E-state index < -0.39 is 0 Å². The summed E-state index contributed by atoms with van der Waals surface area (Å²) < 4.78 is 0. The number of pyridine rings is 1. The minimum absolute atomic E-state index is 0.364. The molecule has 0 radical (unpaired) electrons. The molecule has 1 N–H and O–H groups in total. The van der Waals surface area contributed by atoms with E-state index in [0.717, 1.165) is 45.7 Å². The zero-order chi connectivity index (χ0) is 17.5. The molecule has 4 nitrogen and oxygen atoms in total. The quantitative estimate of drug-likeness (QED) is 0.580. The molecule has 5 rings (SSSR count). The van der Waals surface area contributed by atoms with E-state index in [1.165, 1.54) is 11.1 Å². The summed E-state index contributed by atoms with van der Waals surface area (Å²) in [6.07, 6.45) is 5.56. The second-order valence-corrected chi connectivity index (χ2v) is 7.60. The summed E-state index contributed by atoms with van der Waals surface area (Å²) in [5.74, 6) is 0.911. The number of nitrogens with zero attached hydrogens (tertiary/aromatic N) is 3. The van der Waals surface area contributed by atoms with E-state index in [-0.39, 0.29) is 0 Å². The molecule has 3 heterocycles. The molecule has 0 unspecified atom stereocenters. The predicted molar refractivity (Wildman–Crippen MR) is 107 cm³/mol. The number of benzene rings is 1. The van der Waals surface area contributed by atoms with Crippen molar-refractivity contribution >= 4 is 27.4 Å². The van der Waals surface area contributed by atoms with E-state index in [1.54, 1.807) is 17.7 Å². The summed E-state index contributed by atoms with van der Waals surface area (Å²) >= 11 is 1.65. The van der Waals surface area contributed by atoms with Crippen molar-refractivity contribution < 1.29 is 0 Å². The van der Waals surface area contributed by atoms with Crippen LogP contribution in [0.3, 0.4) is 0 Å². The fourth-order valence-electron chi connectivity index (χ4n) is 3.78. The van der Waals surface area contributed by atoms with Gasteiger partial charge in [0.1, 0.15) is 17.0 Å². The largest absolute Gasteiger partial charge is 0.366 e. The Morgan fingerprint density at radius 3 is 2.58 bits per heavy atom. The standard InChI is InChI=1S/C21H18N4S/c1-13-5-4-8-22-19(13)17-11-26-21-18(17)20(23-12-24-21)25-16-9-14-6-2-3-7-15(14)10-16/h2-8,11-12,16H,9-10H2,1H3,(H,23,24,25). The van der Waals surface area contributed by atoms with Crippen molar-refractivity contribution in [1.29, 1.82) is 0 Å². The van der Waals surface area contributed by atoms with Gasteiger partial charge in [0.05, 0.1) is 11.1 Å². The van der Waals surface area contributed by atoms with Crippen LogP contribution < -0.4 is 5.32 Å². The van der Waals surface area contributed by atoms with Gasteiger partial charge in [-0.05, 0) is 42.5 Å². The second kappa shape index (κ2) is 6.18. The van der Waals surface area contributed by atoms with Crippen molar-refractivity contribution in [1.82, 2.24) is 15.0 Å². The van der Waals surface area contributed by atoms with Gasteiger partial charge in [0, 0.05) is 23.2 Å². The number of fused-ring (bicyclic) bond motifs is 2. The van der Waals surface area contributed by atoms with Crippen LogP contribution in [-0.4, -0.2) is 21.0 Å². The van der Waals surface area contributed by atoms with E-state index in [2.05, 4.69) is 62.9 Å². The van der Waals surface area contributed by atoms with Crippen molar-refractivity contribution in [3.05, 3.63) is 71.0 Å². The number of aryl methyl sites for hydroxylation is 1. The van der Waals surface area contributed by atoms with Gasteiger partial charge in [-0.25, -0.2) is 9.97 Å². The molecule has 0 saturated heterocycles. The van der Waals surface area contributed by atoms with Gasteiger partial charge in [0.25, 0.3) is 0 Å². The van der Waals surface area contributed by atoms with E-state index in [9.17, 15) is 0 Å². The van der Waals surface area contributed by atoms with Gasteiger partial charge in [-0.15, -0.1) is 11.3 Å². The van der Waals surface area contributed by atoms with E-state index in [0.29, 0.717) is 6.04 Å². The van der Waals surface area contributed by atoms with Crippen LogP contribution in [0.2, 0.25) is 0 Å². The molecular formula is C21H18N4S. The van der Waals surface area contributed by atoms with E-state index in [4.69, 9.17) is 0 Å². The van der Waals surface area contributed by atoms with Crippen LogP contribution in [0.25, 0.3) is 21.5 Å². The highest BCUT2D eigenvalue weighted by atomic mass is 32.1. The summed E-state index contributed by atoms with van der Waals surface area (Å²) in [4.78, 5) is 14.6. The van der Waals surface area contributed by atoms with Crippen LogP contribution in [0.1, 0.15) is 16.7 Å². The number of anilines is 1. The zero-order valence-corrected chi connectivity index (χ0v) is 15.3. The first-order valence-electron chi connectivity index (χ1n) is 8.77. The number of nitrogens with one attached hydrogen (secondary N) is 1. The van der Waals surface area contributed by atoms with Crippen LogP contribution in [0, 0.1) is 6.92 Å². The molecule has 1 aliphatic rings. The number of hydrogen-bond donors (Lipinski definition) is 1. The maximum Gasteiger partial charge on any atom is 0.139 e. The van der Waals surface area contributed by atoms with Gasteiger partial charge in [-0.1, -0.05) is 30.3 Å². The Kier molecular flexibility index (Phi) is 3.68. The maximum atomic E-state index is 4.60. The first-order valence-corrected chi connectivity index (χ1v) is 9.65. The molecule has 0 spiro atoms. The van der Waals surface area contributed by atoms with E-state index in [1.807, 2.05) is 12.3 Å². The normalized spacial score (nSPS) is 13.9. The SMILES string of the molecule is Cc1cccnc1-c1csc2ncnc(NC3Cc4ccccc4C3)c12. The average molecular weight is 358 g/mol. The van der Waals surface area contributed by atoms with Gasteiger partial charge in [-0.3, -0.25) is 4.98 Å². The molecule has 128 valence electrons. The molecule has 5 heteroatoms. The fraction of sp³-hybridized carbons (Fsp3) is 0.190. The second-order valence-electron chi connectivity index (χ2n) is 6.74. The Labute approximate surface area is 156 Å². The topological polar surface area (TPSA) is 50.7 Å². The van der Waals surface area contributed by atoms with Crippen molar-refractivity contribution in [2.24, 2.45) is 0 Å². The lowest BCUT2D eigenvalue weighted by Crippen LogP contribution is -2.20. The molecule has 0 fully saturated rings. The highest BCUT2D eigenvalue weighted by molar-refractivity contribution is 7.17. The Morgan fingerprint density at radius 2 is 1.81 bits per heavy atom. The molecule has 0 amide bonds. The predicted octanol–water partition coefficient (Wildman–Crippen LogP) is 4.64. The monoisotopic (exact) mass is 358 g/mol. The Hall–Kier alpha value is -2.79. The van der Waals surface area contributed by atoms with Gasteiger partial charge >= 0.3 is 0 Å². The minimum atomic E-state index is 0.364. The maximum absolute atomic E-state index is 4.60. The van der Waals surface area contributed by atoms with Crippen molar-refractivity contribution in [2.75, 3.05) is 5.32 Å². The molecular weight excluding hydrogens is 340 g/mol. The molecule has 0 aliphatic heterocycles. The number of rotatable bonds is 3. The smallest absolute Gasteiger partial charge is 0.139 e. The molecule has 0 atom stereocenters. The molecule has 4 aromatic rings. The van der Waals surface area contributed by atoms with Crippen LogP contribution in [0.5, 0.6) is 0 Å². The zero-order valence-electron chi connectivity index (χ0n) is 14.4. The number of hydrogen-bond acceptors (Lipinski definition) is 5. The Balaban J connectivity index is 1.55. The fourth-order valence-corrected chi connectivity index (χ4v) is 4.67. The Bertz CT molecular complexity index is 1080. The number of aromatic nitrogens is 3. The van der Waals surface area contributed by atoms with Gasteiger partial charge in [0.15, 0.2) is 0 Å². The summed E-state index contributed by atoms with van der Waals surface area (Å²) in [5.41, 5.74) is 6.14. The lowest BCUT2D eigenvalue weighted by molar-refractivity contribution is 0.770. The first-order chi connectivity index (χ1) is 12.8. The number of thiophene rings is 1. The molecule has 0 saturated carbocycles. The third-order valence-corrected chi connectivity index (χ3v) is 5.91. The highest BCUT2D eigenvalue weighted by Crippen LogP contribution is 2.37. The summed E-state index contributed by atoms with van der Waals surface area (Å²) in [5, 5.41) is 6.90. The molecule has 1 aromatic carbocycles. The third-order valence-electron chi connectivity index (χ3n) is 5.03. The van der Waals surface area contributed by atoms with Crippen molar-refractivity contribution in [3.8, 4) is 11.3 Å². The van der Waals surface area contributed by atoms with Gasteiger partial charge < -0.3 is 5.32 Å². The Morgan fingerprint density at radius 1 is 1.00 bits per heavy atom. The average Bonchev–Trinajstić information content (AvgIpc) is 3.26. The molecule has 1 aliphatic carbocycles.